The summed E-state index contributed by atoms with van der Waals surface area (Å²) in [6.07, 6.45) is 6.06. The second-order valence-corrected chi connectivity index (χ2v) is 5.65. The van der Waals surface area contributed by atoms with Gasteiger partial charge in [-0.05, 0) is 18.8 Å². The van der Waals surface area contributed by atoms with Gasteiger partial charge in [0.15, 0.2) is 0 Å². The maximum Gasteiger partial charge on any atom is 0.134 e. The van der Waals surface area contributed by atoms with Crippen molar-refractivity contribution in [2.45, 2.75) is 52.0 Å². The minimum atomic E-state index is 0.548. The van der Waals surface area contributed by atoms with E-state index in [0.29, 0.717) is 11.2 Å². The normalized spacial score (nSPS) is 24.0. The maximum absolute atomic E-state index is 6.07. The molecule has 4 heteroatoms. The number of anilines is 1. The quantitative estimate of drug-likeness (QED) is 0.782. The van der Waals surface area contributed by atoms with Gasteiger partial charge in [-0.3, -0.25) is 0 Å². The highest BCUT2D eigenvalue weighted by Gasteiger charge is 2.26. The van der Waals surface area contributed by atoms with Gasteiger partial charge in [-0.1, -0.05) is 38.3 Å². The topological polar surface area (TPSA) is 29.0 Å². The van der Waals surface area contributed by atoms with E-state index in [4.69, 9.17) is 11.6 Å². The van der Waals surface area contributed by atoms with Crippen LogP contribution in [-0.4, -0.2) is 23.1 Å². The van der Waals surface area contributed by atoms with E-state index in [1.165, 1.54) is 25.7 Å². The third kappa shape index (κ3) is 2.94. The zero-order chi connectivity index (χ0) is 13.1. The smallest absolute Gasteiger partial charge is 0.134 e. The molecule has 0 saturated heterocycles. The minimum Gasteiger partial charge on any atom is -0.356 e. The van der Waals surface area contributed by atoms with E-state index in [0.717, 1.165) is 24.0 Å². The summed E-state index contributed by atoms with van der Waals surface area (Å²) >= 11 is 6.07. The van der Waals surface area contributed by atoms with Crippen LogP contribution in [0, 0.1) is 5.92 Å². The number of halogens is 1. The summed E-state index contributed by atoms with van der Waals surface area (Å²) in [5, 5.41) is 0.548. The summed E-state index contributed by atoms with van der Waals surface area (Å²) in [7, 11) is 2.13. The Morgan fingerprint density at radius 3 is 2.72 bits per heavy atom. The third-order valence-electron chi connectivity index (χ3n) is 3.97. The fourth-order valence-electron chi connectivity index (χ4n) is 2.83. The van der Waals surface area contributed by atoms with Crippen molar-refractivity contribution in [1.82, 2.24) is 9.97 Å². The van der Waals surface area contributed by atoms with Gasteiger partial charge in [-0.2, -0.15) is 0 Å². The molecule has 0 aliphatic heterocycles. The monoisotopic (exact) mass is 267 g/mol. The summed E-state index contributed by atoms with van der Waals surface area (Å²) in [5.74, 6) is 2.51. The second-order valence-electron chi connectivity index (χ2n) is 5.26. The number of aryl methyl sites for hydroxylation is 1. The lowest BCUT2D eigenvalue weighted by Crippen LogP contribution is -2.39. The van der Waals surface area contributed by atoms with Gasteiger partial charge in [0.2, 0.25) is 0 Å². The molecule has 1 heterocycles. The number of hydrogen-bond donors (Lipinski definition) is 0. The van der Waals surface area contributed by atoms with Gasteiger partial charge in [0.05, 0.1) is 0 Å². The molecule has 3 nitrogen and oxygen atoms in total. The Labute approximate surface area is 115 Å². The van der Waals surface area contributed by atoms with Crippen molar-refractivity contribution in [2.24, 2.45) is 5.92 Å². The van der Waals surface area contributed by atoms with E-state index in [2.05, 4.69) is 35.8 Å². The fourth-order valence-corrected chi connectivity index (χ4v) is 3.03. The second kappa shape index (κ2) is 5.87. The van der Waals surface area contributed by atoms with Crippen LogP contribution in [0.3, 0.4) is 0 Å². The molecule has 1 saturated carbocycles. The minimum absolute atomic E-state index is 0.548. The molecule has 2 unspecified atom stereocenters. The predicted octanol–water partition coefficient (Wildman–Crippen LogP) is 3.71. The van der Waals surface area contributed by atoms with E-state index >= 15 is 0 Å². The van der Waals surface area contributed by atoms with Crippen LogP contribution in [0.2, 0.25) is 5.15 Å². The lowest BCUT2D eigenvalue weighted by Gasteiger charge is -2.37. The van der Waals surface area contributed by atoms with Gasteiger partial charge < -0.3 is 4.90 Å². The molecule has 2 rings (SSSR count). The van der Waals surface area contributed by atoms with Crippen LogP contribution < -0.4 is 4.90 Å². The largest absolute Gasteiger partial charge is 0.356 e. The van der Waals surface area contributed by atoms with Crippen LogP contribution in [0.4, 0.5) is 5.82 Å². The molecule has 1 aliphatic rings. The fraction of sp³-hybridized carbons (Fsp3) is 0.714. The molecule has 1 fully saturated rings. The molecular formula is C14H22ClN3. The highest BCUT2D eigenvalue weighted by atomic mass is 35.5. The van der Waals surface area contributed by atoms with Gasteiger partial charge in [0.1, 0.15) is 16.8 Å². The molecule has 0 amide bonds. The van der Waals surface area contributed by atoms with E-state index < -0.39 is 0 Å². The van der Waals surface area contributed by atoms with Crippen molar-refractivity contribution < 1.29 is 0 Å². The number of hydrogen-bond acceptors (Lipinski definition) is 3. The van der Waals surface area contributed by atoms with E-state index in [9.17, 15) is 0 Å². The van der Waals surface area contributed by atoms with Crippen molar-refractivity contribution in [3.05, 3.63) is 17.0 Å². The molecular weight excluding hydrogens is 246 g/mol. The predicted molar refractivity (Wildman–Crippen MR) is 76.2 cm³/mol. The summed E-state index contributed by atoms with van der Waals surface area (Å²) < 4.78 is 0. The molecule has 100 valence electrons. The van der Waals surface area contributed by atoms with Gasteiger partial charge in [-0.15, -0.1) is 0 Å². The average Bonchev–Trinajstić information content (AvgIpc) is 2.37. The Bertz CT molecular complexity index is 408. The highest BCUT2D eigenvalue weighted by Crippen LogP contribution is 2.30. The first-order chi connectivity index (χ1) is 8.61. The molecule has 0 bridgehead atoms. The Balaban J connectivity index is 2.21. The van der Waals surface area contributed by atoms with E-state index in [-0.39, 0.29) is 0 Å². The first kappa shape index (κ1) is 13.6. The van der Waals surface area contributed by atoms with Crippen molar-refractivity contribution in [3.63, 3.8) is 0 Å². The Morgan fingerprint density at radius 1 is 1.33 bits per heavy atom. The molecule has 1 aliphatic carbocycles. The maximum atomic E-state index is 6.07. The zero-order valence-corrected chi connectivity index (χ0v) is 12.2. The van der Waals surface area contributed by atoms with Crippen molar-refractivity contribution in [3.8, 4) is 0 Å². The summed E-state index contributed by atoms with van der Waals surface area (Å²) in [4.78, 5) is 11.1. The van der Waals surface area contributed by atoms with Gasteiger partial charge in [-0.25, -0.2) is 9.97 Å². The Hall–Kier alpha value is -0.830. The summed E-state index contributed by atoms with van der Waals surface area (Å²) in [5.41, 5.74) is 0. The Morgan fingerprint density at radius 2 is 2.06 bits per heavy atom. The zero-order valence-electron chi connectivity index (χ0n) is 11.5. The van der Waals surface area contributed by atoms with Crippen LogP contribution in [0.25, 0.3) is 0 Å². The van der Waals surface area contributed by atoms with Gasteiger partial charge in [0, 0.05) is 25.6 Å². The molecule has 1 aromatic heterocycles. The molecule has 0 radical (unpaired) electrons. The molecule has 18 heavy (non-hydrogen) atoms. The molecule has 0 spiro atoms. The van der Waals surface area contributed by atoms with E-state index in [1.54, 1.807) is 0 Å². The summed E-state index contributed by atoms with van der Waals surface area (Å²) in [6.45, 7) is 4.39. The van der Waals surface area contributed by atoms with Crippen molar-refractivity contribution in [1.29, 1.82) is 0 Å². The first-order valence-corrected chi connectivity index (χ1v) is 7.26. The SMILES string of the molecule is CCc1nc(Cl)cc(N(C)C2CCCCC2C)n1. The third-order valence-corrected chi connectivity index (χ3v) is 4.16. The van der Waals surface area contributed by atoms with Crippen LogP contribution in [0.1, 0.15) is 45.4 Å². The van der Waals surface area contributed by atoms with Gasteiger partial charge in [0.25, 0.3) is 0 Å². The van der Waals surface area contributed by atoms with Crippen LogP contribution in [-0.2, 0) is 6.42 Å². The summed E-state index contributed by atoms with van der Waals surface area (Å²) in [6, 6.07) is 2.46. The van der Waals surface area contributed by atoms with Crippen molar-refractivity contribution >= 4 is 17.4 Å². The van der Waals surface area contributed by atoms with Crippen LogP contribution in [0.15, 0.2) is 6.07 Å². The first-order valence-electron chi connectivity index (χ1n) is 6.88. The molecule has 0 aromatic carbocycles. The van der Waals surface area contributed by atoms with E-state index in [1.807, 2.05) is 6.07 Å². The van der Waals surface area contributed by atoms with Crippen LogP contribution >= 0.6 is 11.6 Å². The average molecular weight is 268 g/mol. The van der Waals surface area contributed by atoms with Crippen molar-refractivity contribution in [2.75, 3.05) is 11.9 Å². The lowest BCUT2D eigenvalue weighted by atomic mass is 9.85. The lowest BCUT2D eigenvalue weighted by molar-refractivity contribution is 0.320. The molecule has 2 atom stereocenters. The van der Waals surface area contributed by atoms with Gasteiger partial charge >= 0.3 is 0 Å². The molecule has 1 aromatic rings. The highest BCUT2D eigenvalue weighted by molar-refractivity contribution is 6.29. The number of aromatic nitrogens is 2. The standard InChI is InChI=1S/C14H22ClN3/c1-4-13-16-12(15)9-14(17-13)18(3)11-8-6-5-7-10(11)2/h9-11H,4-8H2,1-3H3. The number of nitrogens with zero attached hydrogens (tertiary/aromatic N) is 3. The number of rotatable bonds is 3. The Kier molecular flexibility index (Phi) is 4.44. The molecule has 0 N–H and O–H groups in total. The van der Waals surface area contributed by atoms with Crippen LogP contribution in [0.5, 0.6) is 0 Å².